The molecule has 0 saturated heterocycles. The molecule has 50 valence electrons. The van der Waals surface area contributed by atoms with E-state index in [4.69, 9.17) is 0 Å². The molecule has 0 saturated carbocycles. The van der Waals surface area contributed by atoms with Crippen LogP contribution in [0.1, 0.15) is 20.3 Å². The molecule has 0 spiro atoms. The third-order valence-electron chi connectivity index (χ3n) is 0.948. The number of rotatable bonds is 3. The molecule has 0 aromatic rings. The highest BCUT2D eigenvalue weighted by Gasteiger charge is 1.64. The van der Waals surface area contributed by atoms with Crippen molar-refractivity contribution in [2.24, 2.45) is 0 Å². The van der Waals surface area contributed by atoms with E-state index >= 15 is 0 Å². The van der Waals surface area contributed by atoms with Gasteiger partial charge in [0, 0.05) is 0 Å². The summed E-state index contributed by atoms with van der Waals surface area (Å²) < 4.78 is 0. The highest BCUT2D eigenvalue weighted by atomic mass is 13.7. The highest BCUT2D eigenvalue weighted by molar-refractivity contribution is 5.03. The Labute approximate surface area is 57.6 Å². The quantitative estimate of drug-likeness (QED) is 0.398. The molecule has 0 aliphatic rings. The van der Waals surface area contributed by atoms with Gasteiger partial charge in [-0.2, -0.15) is 0 Å². The van der Waals surface area contributed by atoms with E-state index in [9.17, 15) is 0 Å². The van der Waals surface area contributed by atoms with Crippen molar-refractivity contribution in [1.29, 1.82) is 0 Å². The van der Waals surface area contributed by atoms with Crippen LogP contribution in [-0.4, -0.2) is 0 Å². The van der Waals surface area contributed by atoms with E-state index in [1.165, 1.54) is 0 Å². The molecule has 0 aliphatic carbocycles. The minimum Gasteiger partial charge on any atom is -0.0914 e. The van der Waals surface area contributed by atoms with Crippen LogP contribution in [0.5, 0.6) is 0 Å². The van der Waals surface area contributed by atoms with Gasteiger partial charge in [-0.15, -0.1) is 0 Å². The summed E-state index contributed by atoms with van der Waals surface area (Å²) >= 11 is 0. The lowest BCUT2D eigenvalue weighted by Gasteiger charge is -1.75. The van der Waals surface area contributed by atoms with E-state index in [1.807, 2.05) is 26.0 Å². The largest absolute Gasteiger partial charge is 0.0914 e. The molecule has 0 amide bonds. The highest BCUT2D eigenvalue weighted by Crippen LogP contribution is 1.85. The van der Waals surface area contributed by atoms with Gasteiger partial charge in [0.05, 0.1) is 0 Å². The third-order valence-corrected chi connectivity index (χ3v) is 0.948. The Kier molecular flexibility index (Phi) is 6.59. The van der Waals surface area contributed by atoms with E-state index in [1.54, 1.807) is 0 Å². The molecule has 0 aromatic carbocycles. The molecule has 0 aliphatic heterocycles. The second kappa shape index (κ2) is 7.22. The van der Waals surface area contributed by atoms with E-state index < -0.39 is 0 Å². The summed E-state index contributed by atoms with van der Waals surface area (Å²) in [4.78, 5) is 0. The zero-order valence-corrected chi connectivity index (χ0v) is 6.17. The predicted molar refractivity (Wildman–Crippen MR) is 43.4 cm³/mol. The lowest BCUT2D eigenvalue weighted by atomic mass is 10.3. The lowest BCUT2D eigenvalue weighted by molar-refractivity contribution is 1.38. The van der Waals surface area contributed by atoms with Crippen LogP contribution in [0.3, 0.4) is 0 Å². The average Bonchev–Trinajstić information content (AvgIpc) is 1.89. The van der Waals surface area contributed by atoms with Crippen molar-refractivity contribution in [2.75, 3.05) is 0 Å². The Morgan fingerprint density at radius 1 is 0.889 bits per heavy atom. The second-order valence-electron chi connectivity index (χ2n) is 1.76. The second-order valence-corrected chi connectivity index (χ2v) is 1.76. The molecule has 0 N–H and O–H groups in total. The van der Waals surface area contributed by atoms with Gasteiger partial charge in [-0.3, -0.25) is 0 Å². The van der Waals surface area contributed by atoms with E-state index in [0.717, 1.165) is 6.42 Å². The summed E-state index contributed by atoms with van der Waals surface area (Å²) in [5, 5.41) is 0. The van der Waals surface area contributed by atoms with Gasteiger partial charge in [0.25, 0.3) is 0 Å². The fourth-order valence-corrected chi connectivity index (χ4v) is 0.483. The zero-order chi connectivity index (χ0) is 6.95. The number of hydrogen-bond acceptors (Lipinski definition) is 0. The Balaban J connectivity index is 3.25. The molecular weight excluding hydrogens is 108 g/mol. The van der Waals surface area contributed by atoms with Crippen LogP contribution in [-0.2, 0) is 0 Å². The monoisotopic (exact) mass is 122 g/mol. The van der Waals surface area contributed by atoms with Gasteiger partial charge in [-0.1, -0.05) is 36.5 Å². The average molecular weight is 122 g/mol. The van der Waals surface area contributed by atoms with E-state index in [0.29, 0.717) is 0 Å². The van der Waals surface area contributed by atoms with Crippen molar-refractivity contribution in [2.45, 2.75) is 20.3 Å². The van der Waals surface area contributed by atoms with Crippen molar-refractivity contribution in [3.63, 3.8) is 0 Å². The molecule has 0 unspecified atom stereocenters. The fraction of sp³-hybridized carbons (Fsp3) is 0.333. The van der Waals surface area contributed by atoms with Crippen LogP contribution >= 0.6 is 0 Å². The van der Waals surface area contributed by atoms with Crippen LogP contribution in [0.4, 0.5) is 0 Å². The van der Waals surface area contributed by atoms with Gasteiger partial charge in [0.15, 0.2) is 0 Å². The fourth-order valence-electron chi connectivity index (χ4n) is 0.483. The van der Waals surface area contributed by atoms with Crippen molar-refractivity contribution in [3.05, 3.63) is 36.5 Å². The maximum atomic E-state index is 2.12. The molecule has 0 atom stereocenters. The van der Waals surface area contributed by atoms with Crippen molar-refractivity contribution in [3.8, 4) is 0 Å². The van der Waals surface area contributed by atoms with Crippen molar-refractivity contribution in [1.82, 2.24) is 0 Å². The molecule has 0 bridgehead atoms. The molecule has 0 heteroatoms. The van der Waals surface area contributed by atoms with Gasteiger partial charge < -0.3 is 0 Å². The first-order chi connectivity index (χ1) is 4.41. The minimum absolute atomic E-state index is 1.04. The topological polar surface area (TPSA) is 0 Å². The zero-order valence-electron chi connectivity index (χ0n) is 6.17. The SMILES string of the molecule is C/C=C\C=CC/C=C\C. The van der Waals surface area contributed by atoms with Crippen LogP contribution in [0.15, 0.2) is 36.5 Å². The molecule has 0 aromatic heterocycles. The predicted octanol–water partition coefficient (Wildman–Crippen LogP) is 3.08. The molecule has 0 rings (SSSR count). The Morgan fingerprint density at radius 3 is 2.22 bits per heavy atom. The summed E-state index contributed by atoms with van der Waals surface area (Å²) in [5.41, 5.74) is 0. The standard InChI is InChI=1S/C9H14/c1-3-5-7-9-8-6-4-2/h3-7,9H,8H2,1-2H3/b5-3-,6-4-,9-7?. The molecule has 0 nitrogen and oxygen atoms in total. The maximum absolute atomic E-state index is 2.12. The maximum Gasteiger partial charge on any atom is -0.0166 e. The van der Waals surface area contributed by atoms with Gasteiger partial charge in [-0.05, 0) is 20.3 Å². The third kappa shape index (κ3) is 7.22. The first-order valence-corrected chi connectivity index (χ1v) is 3.30. The molecule has 0 heterocycles. The summed E-state index contributed by atoms with van der Waals surface area (Å²) in [6, 6.07) is 0. The minimum atomic E-state index is 1.04. The smallest absolute Gasteiger partial charge is 0.0166 e. The van der Waals surface area contributed by atoms with Crippen LogP contribution in [0.25, 0.3) is 0 Å². The molecule has 9 heavy (non-hydrogen) atoms. The number of hydrogen-bond donors (Lipinski definition) is 0. The summed E-state index contributed by atoms with van der Waals surface area (Å²) in [5.74, 6) is 0. The van der Waals surface area contributed by atoms with Crippen LogP contribution < -0.4 is 0 Å². The molecule has 0 radical (unpaired) electrons. The molecular formula is C9H14. The van der Waals surface area contributed by atoms with Gasteiger partial charge in [0.2, 0.25) is 0 Å². The summed E-state index contributed by atoms with van der Waals surface area (Å²) in [6.07, 6.45) is 13.5. The van der Waals surface area contributed by atoms with E-state index in [2.05, 4.69) is 24.3 Å². The first kappa shape index (κ1) is 8.22. The molecule has 0 fully saturated rings. The lowest BCUT2D eigenvalue weighted by Crippen LogP contribution is -1.54. The Bertz CT molecular complexity index is 116. The normalized spacial score (nSPS) is 12.7. The van der Waals surface area contributed by atoms with Gasteiger partial charge in [-0.25, -0.2) is 0 Å². The Morgan fingerprint density at radius 2 is 1.67 bits per heavy atom. The first-order valence-electron chi connectivity index (χ1n) is 3.30. The van der Waals surface area contributed by atoms with E-state index in [-0.39, 0.29) is 0 Å². The van der Waals surface area contributed by atoms with Gasteiger partial charge >= 0.3 is 0 Å². The number of allylic oxidation sites excluding steroid dienone is 6. The summed E-state index contributed by atoms with van der Waals surface area (Å²) in [6.45, 7) is 4.05. The van der Waals surface area contributed by atoms with Crippen molar-refractivity contribution >= 4 is 0 Å². The summed E-state index contributed by atoms with van der Waals surface area (Å²) in [7, 11) is 0. The van der Waals surface area contributed by atoms with Crippen LogP contribution in [0, 0.1) is 0 Å². The Hall–Kier alpha value is -0.780. The van der Waals surface area contributed by atoms with Crippen LogP contribution in [0.2, 0.25) is 0 Å². The van der Waals surface area contributed by atoms with Gasteiger partial charge in [0.1, 0.15) is 0 Å². The van der Waals surface area contributed by atoms with Crippen molar-refractivity contribution < 1.29 is 0 Å².